The van der Waals surface area contributed by atoms with Gasteiger partial charge in [0.25, 0.3) is 0 Å². The van der Waals surface area contributed by atoms with Crippen LogP contribution in [0.3, 0.4) is 0 Å². The normalized spacial score (nSPS) is 26.5. The predicted molar refractivity (Wildman–Crippen MR) is 85.3 cm³/mol. The zero-order valence-corrected chi connectivity index (χ0v) is 13.8. The first-order valence-electron chi connectivity index (χ1n) is 7.84. The van der Waals surface area contributed by atoms with Gasteiger partial charge >= 0.3 is 0 Å². The van der Waals surface area contributed by atoms with Crippen molar-refractivity contribution in [3.8, 4) is 0 Å². The van der Waals surface area contributed by atoms with E-state index in [1.807, 2.05) is 0 Å². The van der Waals surface area contributed by atoms with Crippen molar-refractivity contribution in [1.29, 1.82) is 0 Å². The number of likely N-dealkylation sites (N-methyl/N-ethyl adjacent to an activating group) is 1. The Hall–Kier alpha value is -0.320. The predicted octanol–water partition coefficient (Wildman–Crippen LogP) is 1.60. The van der Waals surface area contributed by atoms with Gasteiger partial charge in [0, 0.05) is 26.1 Å². The minimum atomic E-state index is 0. The summed E-state index contributed by atoms with van der Waals surface area (Å²) in [7, 11) is 2.14. The third-order valence-corrected chi connectivity index (χ3v) is 4.71. The van der Waals surface area contributed by atoms with Crippen LogP contribution in [0.1, 0.15) is 32.6 Å². The molecule has 4 nitrogen and oxygen atoms in total. The number of carbonyl (C=O) groups excluding carboxylic acids is 1. The Morgan fingerprint density at radius 1 is 1.25 bits per heavy atom. The first kappa shape index (κ1) is 17.7. The molecule has 1 N–H and O–H groups in total. The number of halogens is 1. The molecule has 5 heteroatoms. The average Bonchev–Trinajstić information content (AvgIpc) is 2.64. The zero-order valence-electron chi connectivity index (χ0n) is 12.9. The molecule has 20 heavy (non-hydrogen) atoms. The molecule has 0 radical (unpaired) electrons. The number of piperidine rings is 1. The highest BCUT2D eigenvalue weighted by molar-refractivity contribution is 5.85. The average molecular weight is 304 g/mol. The van der Waals surface area contributed by atoms with E-state index in [0.717, 1.165) is 52.1 Å². The number of carbonyl (C=O) groups is 1. The maximum absolute atomic E-state index is 12.4. The molecule has 0 spiro atoms. The third-order valence-electron chi connectivity index (χ3n) is 4.71. The van der Waals surface area contributed by atoms with E-state index in [1.54, 1.807) is 0 Å². The first-order chi connectivity index (χ1) is 9.16. The molecule has 1 amide bonds. The molecular weight excluding hydrogens is 274 g/mol. The second kappa shape index (κ2) is 8.85. The van der Waals surface area contributed by atoms with Crippen LogP contribution in [0.5, 0.6) is 0 Å². The van der Waals surface area contributed by atoms with Crippen LogP contribution in [0.4, 0.5) is 0 Å². The van der Waals surface area contributed by atoms with Gasteiger partial charge in [-0.2, -0.15) is 0 Å². The highest BCUT2D eigenvalue weighted by Crippen LogP contribution is 2.23. The minimum Gasteiger partial charge on any atom is -0.341 e. The van der Waals surface area contributed by atoms with Gasteiger partial charge in [-0.25, -0.2) is 0 Å². The van der Waals surface area contributed by atoms with Gasteiger partial charge in [-0.1, -0.05) is 6.92 Å². The Balaban J connectivity index is 0.00000200. The van der Waals surface area contributed by atoms with Crippen LogP contribution in [-0.2, 0) is 4.79 Å². The van der Waals surface area contributed by atoms with E-state index in [-0.39, 0.29) is 12.4 Å². The summed E-state index contributed by atoms with van der Waals surface area (Å²) in [6, 6.07) is 0. The van der Waals surface area contributed by atoms with Gasteiger partial charge in [-0.3, -0.25) is 4.79 Å². The standard InChI is InChI=1S/C15H29N3O.ClH/c1-13(14-5-3-6-16-12-14)11-15(19)18-8-4-7-17(2)9-10-18;/h13-14,16H,3-12H2,1-2H3;1H. The molecule has 2 heterocycles. The number of amides is 1. The number of hydrogen-bond acceptors (Lipinski definition) is 3. The summed E-state index contributed by atoms with van der Waals surface area (Å²) in [4.78, 5) is 16.8. The molecule has 0 aromatic carbocycles. The number of nitrogens with zero attached hydrogens (tertiary/aromatic N) is 2. The lowest BCUT2D eigenvalue weighted by molar-refractivity contribution is -0.132. The van der Waals surface area contributed by atoms with E-state index in [4.69, 9.17) is 0 Å². The first-order valence-corrected chi connectivity index (χ1v) is 7.84. The van der Waals surface area contributed by atoms with Gasteiger partial charge < -0.3 is 15.1 Å². The molecule has 2 atom stereocenters. The second-order valence-electron chi connectivity index (χ2n) is 6.33. The molecular formula is C15H30ClN3O. The van der Waals surface area contributed by atoms with Gasteiger partial charge in [0.15, 0.2) is 0 Å². The van der Waals surface area contributed by atoms with E-state index < -0.39 is 0 Å². The summed E-state index contributed by atoms with van der Waals surface area (Å²) >= 11 is 0. The Morgan fingerprint density at radius 2 is 2.05 bits per heavy atom. The van der Waals surface area contributed by atoms with Crippen molar-refractivity contribution in [2.45, 2.75) is 32.6 Å². The van der Waals surface area contributed by atoms with E-state index >= 15 is 0 Å². The van der Waals surface area contributed by atoms with Gasteiger partial charge in [-0.05, 0) is 57.8 Å². The quantitative estimate of drug-likeness (QED) is 0.860. The molecule has 118 valence electrons. The van der Waals surface area contributed by atoms with Gasteiger partial charge in [0.05, 0.1) is 0 Å². The monoisotopic (exact) mass is 303 g/mol. The van der Waals surface area contributed by atoms with Crippen molar-refractivity contribution in [3.05, 3.63) is 0 Å². The van der Waals surface area contributed by atoms with Crippen LogP contribution in [0.15, 0.2) is 0 Å². The van der Waals surface area contributed by atoms with E-state index in [0.29, 0.717) is 17.7 Å². The highest BCUT2D eigenvalue weighted by Gasteiger charge is 2.25. The van der Waals surface area contributed by atoms with Crippen molar-refractivity contribution in [2.24, 2.45) is 11.8 Å². The summed E-state index contributed by atoms with van der Waals surface area (Å²) in [6.45, 7) is 8.48. The fourth-order valence-electron chi connectivity index (χ4n) is 3.23. The van der Waals surface area contributed by atoms with Crippen molar-refractivity contribution in [1.82, 2.24) is 15.1 Å². The molecule has 2 aliphatic rings. The van der Waals surface area contributed by atoms with Crippen LogP contribution in [0.2, 0.25) is 0 Å². The Morgan fingerprint density at radius 3 is 2.75 bits per heavy atom. The van der Waals surface area contributed by atoms with E-state index in [1.165, 1.54) is 12.8 Å². The molecule has 0 aromatic rings. The molecule has 0 aromatic heterocycles. The minimum absolute atomic E-state index is 0. The summed E-state index contributed by atoms with van der Waals surface area (Å²) in [5.74, 6) is 1.57. The molecule has 0 saturated carbocycles. The third kappa shape index (κ3) is 5.23. The Bertz CT molecular complexity index is 295. The summed E-state index contributed by atoms with van der Waals surface area (Å²) in [5, 5.41) is 3.45. The largest absolute Gasteiger partial charge is 0.341 e. The lowest BCUT2D eigenvalue weighted by Crippen LogP contribution is -2.38. The van der Waals surface area contributed by atoms with Crippen LogP contribution in [-0.4, -0.2) is 62.0 Å². The molecule has 2 fully saturated rings. The summed E-state index contributed by atoms with van der Waals surface area (Å²) in [5.41, 5.74) is 0. The Labute approximate surface area is 129 Å². The van der Waals surface area contributed by atoms with E-state index in [9.17, 15) is 4.79 Å². The van der Waals surface area contributed by atoms with Crippen molar-refractivity contribution in [2.75, 3.05) is 46.3 Å². The van der Waals surface area contributed by atoms with Crippen molar-refractivity contribution >= 4 is 18.3 Å². The number of rotatable bonds is 3. The van der Waals surface area contributed by atoms with Crippen molar-refractivity contribution in [3.63, 3.8) is 0 Å². The lowest BCUT2D eigenvalue weighted by atomic mass is 9.85. The molecule has 2 rings (SSSR count). The Kier molecular flexibility index (Phi) is 7.85. The number of hydrogen-bond donors (Lipinski definition) is 1. The van der Waals surface area contributed by atoms with Gasteiger partial charge in [0.1, 0.15) is 0 Å². The summed E-state index contributed by atoms with van der Waals surface area (Å²) < 4.78 is 0. The maximum Gasteiger partial charge on any atom is 0.222 e. The topological polar surface area (TPSA) is 35.6 Å². The maximum atomic E-state index is 12.4. The lowest BCUT2D eigenvalue weighted by Gasteiger charge is -2.30. The summed E-state index contributed by atoms with van der Waals surface area (Å²) in [6.07, 6.45) is 4.39. The zero-order chi connectivity index (χ0) is 13.7. The molecule has 2 aliphatic heterocycles. The van der Waals surface area contributed by atoms with Crippen LogP contribution in [0.25, 0.3) is 0 Å². The molecule has 0 aliphatic carbocycles. The van der Waals surface area contributed by atoms with Crippen LogP contribution in [0, 0.1) is 11.8 Å². The van der Waals surface area contributed by atoms with Crippen LogP contribution < -0.4 is 5.32 Å². The molecule has 2 saturated heterocycles. The molecule has 2 unspecified atom stereocenters. The van der Waals surface area contributed by atoms with Crippen molar-refractivity contribution < 1.29 is 4.79 Å². The second-order valence-corrected chi connectivity index (χ2v) is 6.33. The smallest absolute Gasteiger partial charge is 0.222 e. The fraction of sp³-hybridized carbons (Fsp3) is 0.933. The SMILES string of the molecule is CC(CC(=O)N1CCCN(C)CC1)C1CCCNC1.Cl. The van der Waals surface area contributed by atoms with Gasteiger partial charge in [-0.15, -0.1) is 12.4 Å². The fourth-order valence-corrected chi connectivity index (χ4v) is 3.23. The number of nitrogens with one attached hydrogen (secondary N) is 1. The molecule has 0 bridgehead atoms. The van der Waals surface area contributed by atoms with Crippen LogP contribution >= 0.6 is 12.4 Å². The van der Waals surface area contributed by atoms with E-state index in [2.05, 4.69) is 29.1 Å². The highest BCUT2D eigenvalue weighted by atomic mass is 35.5. The van der Waals surface area contributed by atoms with Gasteiger partial charge in [0.2, 0.25) is 5.91 Å².